The lowest BCUT2D eigenvalue weighted by Gasteiger charge is -2.21. The summed E-state index contributed by atoms with van der Waals surface area (Å²) in [6.07, 6.45) is 1.32. The number of halogens is 3. The molecule has 6 nitrogen and oxygen atoms in total. The number of aromatic nitrogens is 3. The third kappa shape index (κ3) is 3.45. The molecule has 9 heteroatoms. The number of rotatable bonds is 4. The fourth-order valence-electron chi connectivity index (χ4n) is 2.58. The van der Waals surface area contributed by atoms with Crippen LogP contribution in [0.1, 0.15) is 17.0 Å². The summed E-state index contributed by atoms with van der Waals surface area (Å²) in [6, 6.07) is 5.20. The minimum absolute atomic E-state index is 0.0857. The normalized spacial score (nSPS) is 11.0. The smallest absolute Gasteiger partial charge is 0.291 e. The fourth-order valence-corrected chi connectivity index (χ4v) is 3.16. The van der Waals surface area contributed by atoms with Crippen LogP contribution in [0.3, 0.4) is 0 Å². The van der Waals surface area contributed by atoms with Crippen LogP contribution in [-0.2, 0) is 6.54 Å². The second-order valence-electron chi connectivity index (χ2n) is 5.82. The highest BCUT2D eigenvalue weighted by Crippen LogP contribution is 2.29. The molecule has 0 radical (unpaired) electrons. The van der Waals surface area contributed by atoms with Gasteiger partial charge in [-0.15, -0.1) is 0 Å². The van der Waals surface area contributed by atoms with E-state index in [9.17, 15) is 4.79 Å². The van der Waals surface area contributed by atoms with Crippen LogP contribution in [0, 0.1) is 13.8 Å². The van der Waals surface area contributed by atoms with E-state index in [0.717, 1.165) is 27.4 Å². The van der Waals surface area contributed by atoms with Crippen LogP contribution in [0.4, 0.5) is 5.69 Å². The van der Waals surface area contributed by atoms with Crippen LogP contribution in [0.15, 0.2) is 33.7 Å². The summed E-state index contributed by atoms with van der Waals surface area (Å²) in [6.45, 7) is 4.36. The first kappa shape index (κ1) is 18.8. The molecule has 0 atom stereocenters. The van der Waals surface area contributed by atoms with Crippen molar-refractivity contribution in [3.63, 3.8) is 0 Å². The molecule has 0 bridgehead atoms. The van der Waals surface area contributed by atoms with Gasteiger partial charge in [-0.05, 0) is 32.0 Å². The fraction of sp³-hybridized carbons (Fsp3) is 0.235. The molecule has 0 spiro atoms. The van der Waals surface area contributed by atoms with Crippen molar-refractivity contribution in [1.29, 1.82) is 0 Å². The standard InChI is InChI=1S/C17H15Cl3N4O2/c1-9-12(10(2)26-22-9)8-23(3)15-5-4-11(6-13(15)18)24-17(25)16(20)14(19)7-21-24/h4-7H,8H2,1-3H3. The Morgan fingerprint density at radius 2 is 1.92 bits per heavy atom. The van der Waals surface area contributed by atoms with Gasteiger partial charge in [0.25, 0.3) is 5.56 Å². The first-order valence-corrected chi connectivity index (χ1v) is 8.79. The van der Waals surface area contributed by atoms with Crippen molar-refractivity contribution in [1.82, 2.24) is 14.9 Å². The Labute approximate surface area is 164 Å². The maximum atomic E-state index is 12.2. The van der Waals surface area contributed by atoms with Gasteiger partial charge in [-0.25, -0.2) is 0 Å². The molecular formula is C17H15Cl3N4O2. The molecule has 136 valence electrons. The lowest BCUT2D eigenvalue weighted by Crippen LogP contribution is -2.22. The molecule has 2 aromatic heterocycles. The van der Waals surface area contributed by atoms with E-state index in [1.165, 1.54) is 6.20 Å². The van der Waals surface area contributed by atoms with Gasteiger partial charge < -0.3 is 9.42 Å². The van der Waals surface area contributed by atoms with Crippen molar-refractivity contribution in [2.45, 2.75) is 20.4 Å². The molecular weight excluding hydrogens is 399 g/mol. The van der Waals surface area contributed by atoms with E-state index in [2.05, 4.69) is 10.3 Å². The summed E-state index contributed by atoms with van der Waals surface area (Å²) >= 11 is 18.1. The summed E-state index contributed by atoms with van der Waals surface area (Å²) in [5, 5.41) is 8.45. The number of benzene rings is 1. The molecule has 26 heavy (non-hydrogen) atoms. The summed E-state index contributed by atoms with van der Waals surface area (Å²) < 4.78 is 6.34. The van der Waals surface area contributed by atoms with Crippen LogP contribution < -0.4 is 10.5 Å². The van der Waals surface area contributed by atoms with E-state index in [1.54, 1.807) is 12.1 Å². The topological polar surface area (TPSA) is 64.2 Å². The van der Waals surface area contributed by atoms with Crippen LogP contribution >= 0.6 is 34.8 Å². The van der Waals surface area contributed by atoms with Crippen molar-refractivity contribution in [2.24, 2.45) is 0 Å². The third-order valence-corrected chi connectivity index (χ3v) is 5.09. The van der Waals surface area contributed by atoms with Gasteiger partial charge in [-0.3, -0.25) is 4.79 Å². The minimum Gasteiger partial charge on any atom is -0.369 e. The Bertz CT molecular complexity index is 1010. The zero-order chi connectivity index (χ0) is 19.0. The molecule has 3 rings (SSSR count). The first-order chi connectivity index (χ1) is 12.3. The van der Waals surface area contributed by atoms with Crippen molar-refractivity contribution in [3.8, 4) is 5.69 Å². The summed E-state index contributed by atoms with van der Waals surface area (Å²) in [5.74, 6) is 0.772. The Balaban J connectivity index is 1.93. The number of anilines is 1. The monoisotopic (exact) mass is 412 g/mol. The van der Waals surface area contributed by atoms with Gasteiger partial charge in [0.05, 0.1) is 33.3 Å². The molecule has 0 aliphatic carbocycles. The van der Waals surface area contributed by atoms with Gasteiger partial charge in [0.15, 0.2) is 0 Å². The molecule has 0 saturated heterocycles. The molecule has 0 fully saturated rings. The average molecular weight is 414 g/mol. The molecule has 3 aromatic rings. The van der Waals surface area contributed by atoms with Crippen molar-refractivity contribution in [2.75, 3.05) is 11.9 Å². The Morgan fingerprint density at radius 3 is 2.54 bits per heavy atom. The maximum Gasteiger partial charge on any atom is 0.291 e. The van der Waals surface area contributed by atoms with Crippen molar-refractivity contribution < 1.29 is 4.52 Å². The zero-order valence-corrected chi connectivity index (χ0v) is 16.5. The molecule has 1 aromatic carbocycles. The molecule has 0 amide bonds. The number of hydrogen-bond donors (Lipinski definition) is 0. The highest BCUT2D eigenvalue weighted by molar-refractivity contribution is 6.41. The number of hydrogen-bond acceptors (Lipinski definition) is 5. The molecule has 0 unspecified atom stereocenters. The maximum absolute atomic E-state index is 12.2. The lowest BCUT2D eigenvalue weighted by molar-refractivity contribution is 0.392. The van der Waals surface area contributed by atoms with Crippen molar-refractivity contribution in [3.05, 3.63) is 66.8 Å². The molecule has 2 heterocycles. The van der Waals surface area contributed by atoms with Crippen LogP contribution in [-0.4, -0.2) is 22.0 Å². The Kier molecular flexibility index (Phi) is 5.27. The van der Waals surface area contributed by atoms with Gasteiger partial charge in [0.1, 0.15) is 10.8 Å². The van der Waals surface area contributed by atoms with Gasteiger partial charge >= 0.3 is 0 Å². The highest BCUT2D eigenvalue weighted by Gasteiger charge is 2.15. The third-order valence-electron chi connectivity index (χ3n) is 4.04. The first-order valence-electron chi connectivity index (χ1n) is 7.65. The largest absolute Gasteiger partial charge is 0.369 e. The van der Waals surface area contributed by atoms with Gasteiger partial charge in [0.2, 0.25) is 0 Å². The van der Waals surface area contributed by atoms with Gasteiger partial charge in [-0.1, -0.05) is 40.0 Å². The second kappa shape index (κ2) is 7.31. The number of aryl methyl sites for hydroxylation is 2. The van der Waals surface area contributed by atoms with E-state index in [-0.39, 0.29) is 10.0 Å². The van der Waals surface area contributed by atoms with E-state index in [4.69, 9.17) is 39.3 Å². The zero-order valence-electron chi connectivity index (χ0n) is 14.3. The van der Waals surface area contributed by atoms with E-state index in [0.29, 0.717) is 17.3 Å². The summed E-state index contributed by atoms with van der Waals surface area (Å²) in [5.41, 5.74) is 2.63. The molecule has 0 aliphatic rings. The quantitative estimate of drug-likeness (QED) is 0.633. The van der Waals surface area contributed by atoms with E-state index < -0.39 is 5.56 Å². The van der Waals surface area contributed by atoms with E-state index in [1.807, 2.05) is 31.9 Å². The number of nitrogens with zero attached hydrogens (tertiary/aromatic N) is 4. The minimum atomic E-state index is -0.507. The summed E-state index contributed by atoms with van der Waals surface area (Å²) in [4.78, 5) is 14.2. The van der Waals surface area contributed by atoms with Crippen LogP contribution in [0.2, 0.25) is 15.1 Å². The molecule has 0 aliphatic heterocycles. The summed E-state index contributed by atoms with van der Waals surface area (Å²) in [7, 11) is 1.91. The van der Waals surface area contributed by atoms with Gasteiger partial charge in [-0.2, -0.15) is 9.78 Å². The van der Waals surface area contributed by atoms with Crippen molar-refractivity contribution >= 4 is 40.5 Å². The average Bonchev–Trinajstić information content (AvgIpc) is 2.91. The van der Waals surface area contributed by atoms with Crippen LogP contribution in [0.25, 0.3) is 5.69 Å². The predicted octanol–water partition coefficient (Wildman–Crippen LogP) is 4.43. The Morgan fingerprint density at radius 1 is 1.19 bits per heavy atom. The van der Waals surface area contributed by atoms with Gasteiger partial charge in [0, 0.05) is 19.2 Å². The Hall–Kier alpha value is -2.02. The van der Waals surface area contributed by atoms with Crippen LogP contribution in [0.5, 0.6) is 0 Å². The molecule has 0 N–H and O–H groups in total. The second-order valence-corrected chi connectivity index (χ2v) is 7.01. The predicted molar refractivity (Wildman–Crippen MR) is 103 cm³/mol. The SMILES string of the molecule is Cc1noc(C)c1CN(C)c1ccc(-n2ncc(Cl)c(Cl)c2=O)cc1Cl. The van der Waals surface area contributed by atoms with E-state index >= 15 is 0 Å². The lowest BCUT2D eigenvalue weighted by atomic mass is 10.2. The molecule has 0 saturated carbocycles. The highest BCUT2D eigenvalue weighted by atomic mass is 35.5.